The van der Waals surface area contributed by atoms with Crippen LogP contribution in [0.25, 0.3) is 11.3 Å². The first-order chi connectivity index (χ1) is 11.2. The first-order valence-electron chi connectivity index (χ1n) is 7.13. The van der Waals surface area contributed by atoms with Gasteiger partial charge in [-0.1, -0.05) is 35.5 Å². The van der Waals surface area contributed by atoms with Crippen LogP contribution in [-0.2, 0) is 17.9 Å². The summed E-state index contributed by atoms with van der Waals surface area (Å²) in [5.41, 5.74) is 8.69. The lowest BCUT2D eigenvalue weighted by Gasteiger charge is -2.05. The van der Waals surface area contributed by atoms with Crippen LogP contribution in [0.1, 0.15) is 5.69 Å². The molecule has 0 aliphatic carbocycles. The lowest BCUT2D eigenvalue weighted by Crippen LogP contribution is -2.27. The minimum absolute atomic E-state index is 0.0994. The molecule has 3 N–H and O–H groups in total. The SMILES string of the molecule is Nc1ccnc(CNC(=O)Cn2cc(-c3ccccc3)nn2)c1. The molecule has 7 nitrogen and oxygen atoms in total. The third kappa shape index (κ3) is 3.91. The predicted octanol–water partition coefficient (Wildman–Crippen LogP) is 1.24. The third-order valence-electron chi connectivity index (χ3n) is 3.22. The Balaban J connectivity index is 1.57. The van der Waals surface area contributed by atoms with Crippen LogP contribution in [0.5, 0.6) is 0 Å². The van der Waals surface area contributed by atoms with E-state index in [1.165, 1.54) is 4.68 Å². The average Bonchev–Trinajstić information content (AvgIpc) is 3.02. The molecular weight excluding hydrogens is 292 g/mol. The molecule has 0 aliphatic rings. The average molecular weight is 308 g/mol. The van der Waals surface area contributed by atoms with Gasteiger partial charge in [0.25, 0.3) is 0 Å². The molecule has 0 unspecified atom stereocenters. The number of carbonyl (C=O) groups is 1. The predicted molar refractivity (Wildman–Crippen MR) is 86.0 cm³/mol. The molecule has 23 heavy (non-hydrogen) atoms. The summed E-state index contributed by atoms with van der Waals surface area (Å²) in [5.74, 6) is -0.168. The van der Waals surface area contributed by atoms with Crippen molar-refractivity contribution >= 4 is 11.6 Å². The Kier molecular flexibility index (Phi) is 4.28. The molecule has 0 saturated heterocycles. The van der Waals surface area contributed by atoms with E-state index in [9.17, 15) is 4.79 Å². The van der Waals surface area contributed by atoms with Crippen LogP contribution in [0, 0.1) is 0 Å². The summed E-state index contributed by atoms with van der Waals surface area (Å²) in [7, 11) is 0. The van der Waals surface area contributed by atoms with Gasteiger partial charge >= 0.3 is 0 Å². The number of nitrogens with one attached hydrogen (secondary N) is 1. The molecule has 1 amide bonds. The highest BCUT2D eigenvalue weighted by atomic mass is 16.2. The minimum Gasteiger partial charge on any atom is -0.399 e. The quantitative estimate of drug-likeness (QED) is 0.739. The number of hydrogen-bond donors (Lipinski definition) is 2. The summed E-state index contributed by atoms with van der Waals surface area (Å²) in [6, 6.07) is 13.1. The summed E-state index contributed by atoms with van der Waals surface area (Å²) in [5, 5.41) is 10.8. The Morgan fingerprint density at radius 3 is 2.83 bits per heavy atom. The fourth-order valence-corrected chi connectivity index (χ4v) is 2.10. The van der Waals surface area contributed by atoms with Crippen molar-refractivity contribution in [2.24, 2.45) is 0 Å². The zero-order chi connectivity index (χ0) is 16.1. The summed E-state index contributed by atoms with van der Waals surface area (Å²) in [6.07, 6.45) is 3.36. The van der Waals surface area contributed by atoms with Gasteiger partial charge in [-0.25, -0.2) is 4.68 Å². The number of nitrogens with zero attached hydrogens (tertiary/aromatic N) is 4. The highest BCUT2D eigenvalue weighted by Gasteiger charge is 2.07. The van der Waals surface area contributed by atoms with Gasteiger partial charge < -0.3 is 11.1 Å². The maximum Gasteiger partial charge on any atom is 0.242 e. The molecule has 0 bridgehead atoms. The van der Waals surface area contributed by atoms with Crippen molar-refractivity contribution in [1.82, 2.24) is 25.3 Å². The molecule has 1 aromatic carbocycles. The molecule has 0 aliphatic heterocycles. The Morgan fingerprint density at radius 1 is 1.22 bits per heavy atom. The van der Waals surface area contributed by atoms with Crippen LogP contribution < -0.4 is 11.1 Å². The van der Waals surface area contributed by atoms with Crippen LogP contribution in [0.15, 0.2) is 54.9 Å². The molecule has 0 spiro atoms. The maximum absolute atomic E-state index is 12.0. The molecule has 0 radical (unpaired) electrons. The standard InChI is InChI=1S/C16H16N6O/c17-13-6-7-18-14(8-13)9-19-16(23)11-22-10-15(20-21-22)12-4-2-1-3-5-12/h1-8,10H,9,11H2,(H2,17,18)(H,19,23). The van der Waals surface area contributed by atoms with E-state index in [0.29, 0.717) is 17.9 Å². The van der Waals surface area contributed by atoms with Crippen molar-refractivity contribution < 1.29 is 4.79 Å². The largest absolute Gasteiger partial charge is 0.399 e. The molecule has 0 fully saturated rings. The van der Waals surface area contributed by atoms with E-state index >= 15 is 0 Å². The van der Waals surface area contributed by atoms with Gasteiger partial charge in [0.1, 0.15) is 12.2 Å². The van der Waals surface area contributed by atoms with Gasteiger partial charge in [-0.2, -0.15) is 0 Å². The first-order valence-corrected chi connectivity index (χ1v) is 7.13. The van der Waals surface area contributed by atoms with Crippen LogP contribution in [-0.4, -0.2) is 25.9 Å². The van der Waals surface area contributed by atoms with E-state index in [0.717, 1.165) is 11.3 Å². The van der Waals surface area contributed by atoms with Gasteiger partial charge in [-0.3, -0.25) is 9.78 Å². The number of nitrogen functional groups attached to an aromatic ring is 1. The number of aromatic nitrogens is 4. The Hall–Kier alpha value is -3.22. The molecule has 7 heteroatoms. The van der Waals surface area contributed by atoms with E-state index in [-0.39, 0.29) is 12.5 Å². The molecule has 3 rings (SSSR count). The van der Waals surface area contributed by atoms with Crippen LogP contribution in [0.3, 0.4) is 0 Å². The van der Waals surface area contributed by atoms with Crippen molar-refractivity contribution in [2.45, 2.75) is 13.1 Å². The van der Waals surface area contributed by atoms with Gasteiger partial charge in [0.2, 0.25) is 5.91 Å². The topological polar surface area (TPSA) is 98.7 Å². The normalized spacial score (nSPS) is 10.4. The Bertz CT molecular complexity index is 799. The van der Waals surface area contributed by atoms with Crippen LogP contribution in [0.4, 0.5) is 5.69 Å². The van der Waals surface area contributed by atoms with Gasteiger partial charge in [-0.05, 0) is 12.1 Å². The summed E-state index contributed by atoms with van der Waals surface area (Å²) in [4.78, 5) is 16.1. The first kappa shape index (κ1) is 14.7. The molecular formula is C16H16N6O. The van der Waals surface area contributed by atoms with E-state index in [4.69, 9.17) is 5.73 Å². The van der Waals surface area contributed by atoms with Crippen molar-refractivity contribution in [3.8, 4) is 11.3 Å². The second-order valence-electron chi connectivity index (χ2n) is 5.02. The molecule has 116 valence electrons. The van der Waals surface area contributed by atoms with Crippen molar-refractivity contribution in [3.05, 3.63) is 60.6 Å². The second kappa shape index (κ2) is 6.69. The lowest BCUT2D eigenvalue weighted by molar-refractivity contribution is -0.122. The van der Waals surface area contributed by atoms with Gasteiger partial charge in [0.15, 0.2) is 0 Å². The van der Waals surface area contributed by atoms with E-state index in [1.807, 2.05) is 30.3 Å². The minimum atomic E-state index is -0.168. The number of carbonyl (C=O) groups excluding carboxylic acids is 1. The number of nitrogens with two attached hydrogens (primary N) is 1. The number of rotatable bonds is 5. The fraction of sp³-hybridized carbons (Fsp3) is 0.125. The zero-order valence-corrected chi connectivity index (χ0v) is 12.4. The van der Waals surface area contributed by atoms with Gasteiger partial charge in [0, 0.05) is 17.4 Å². The van der Waals surface area contributed by atoms with Crippen molar-refractivity contribution in [3.63, 3.8) is 0 Å². The van der Waals surface area contributed by atoms with Gasteiger partial charge in [0.05, 0.1) is 18.4 Å². The molecule has 0 atom stereocenters. The van der Waals surface area contributed by atoms with Crippen LogP contribution in [0.2, 0.25) is 0 Å². The highest BCUT2D eigenvalue weighted by Crippen LogP contribution is 2.14. The molecule has 0 saturated carbocycles. The number of benzene rings is 1. The van der Waals surface area contributed by atoms with E-state index in [2.05, 4.69) is 20.6 Å². The lowest BCUT2D eigenvalue weighted by atomic mass is 10.2. The second-order valence-corrected chi connectivity index (χ2v) is 5.02. The monoisotopic (exact) mass is 308 g/mol. The van der Waals surface area contributed by atoms with Crippen LogP contribution >= 0.6 is 0 Å². The van der Waals surface area contributed by atoms with E-state index in [1.54, 1.807) is 24.5 Å². The Labute approximate surface area is 133 Å². The number of pyridine rings is 1. The highest BCUT2D eigenvalue weighted by molar-refractivity contribution is 5.75. The summed E-state index contributed by atoms with van der Waals surface area (Å²) >= 11 is 0. The molecule has 3 aromatic rings. The fourth-order valence-electron chi connectivity index (χ4n) is 2.10. The number of hydrogen-bond acceptors (Lipinski definition) is 5. The zero-order valence-electron chi connectivity index (χ0n) is 12.4. The summed E-state index contributed by atoms with van der Waals surface area (Å²) in [6.45, 7) is 0.423. The smallest absolute Gasteiger partial charge is 0.242 e. The van der Waals surface area contributed by atoms with Crippen molar-refractivity contribution in [1.29, 1.82) is 0 Å². The van der Waals surface area contributed by atoms with E-state index < -0.39 is 0 Å². The number of anilines is 1. The Morgan fingerprint density at radius 2 is 2.04 bits per heavy atom. The molecule has 2 heterocycles. The van der Waals surface area contributed by atoms with Crippen molar-refractivity contribution in [2.75, 3.05) is 5.73 Å². The summed E-state index contributed by atoms with van der Waals surface area (Å²) < 4.78 is 1.50. The third-order valence-corrected chi connectivity index (χ3v) is 3.22. The number of amides is 1. The van der Waals surface area contributed by atoms with Gasteiger partial charge in [-0.15, -0.1) is 5.10 Å². The maximum atomic E-state index is 12.0. The molecule has 2 aromatic heterocycles.